The first-order chi connectivity index (χ1) is 12.9. The normalized spacial score (nSPS) is 17.0. The van der Waals surface area contributed by atoms with E-state index in [1.165, 1.54) is 11.2 Å². The minimum atomic E-state index is -0.951. The Balaban J connectivity index is 2.02. The summed E-state index contributed by atoms with van der Waals surface area (Å²) in [6.45, 7) is 11.0. The fraction of sp³-hybridized carbons (Fsp3) is 0.333. The molecule has 27 heavy (non-hydrogen) atoms. The van der Waals surface area contributed by atoms with Gasteiger partial charge in [0.05, 0.1) is 24.2 Å². The van der Waals surface area contributed by atoms with Gasteiger partial charge in [-0.1, -0.05) is 36.9 Å². The minimum Gasteiger partial charge on any atom is -0.388 e. The van der Waals surface area contributed by atoms with Gasteiger partial charge in [0.25, 0.3) is 0 Å². The van der Waals surface area contributed by atoms with Crippen LogP contribution in [0.5, 0.6) is 0 Å². The van der Waals surface area contributed by atoms with E-state index < -0.39 is 5.60 Å². The van der Waals surface area contributed by atoms with Gasteiger partial charge in [0.15, 0.2) is 0 Å². The lowest BCUT2D eigenvalue weighted by atomic mass is 9.90. The fourth-order valence-corrected chi connectivity index (χ4v) is 3.23. The first kappa shape index (κ1) is 20.9. The Morgan fingerprint density at radius 1 is 1.41 bits per heavy atom. The third kappa shape index (κ3) is 5.81. The van der Waals surface area contributed by atoms with E-state index in [1.807, 2.05) is 19.1 Å². The van der Waals surface area contributed by atoms with Gasteiger partial charge in [-0.3, -0.25) is 4.79 Å². The molecule has 0 bridgehead atoms. The molecule has 1 amide bonds. The average molecular weight is 388 g/mol. The van der Waals surface area contributed by atoms with E-state index in [0.29, 0.717) is 43.1 Å². The SMILES string of the molecule is C=C/C=C(\C=C)N1CCC(O)(CN(C=O)C=Nc2cc(Cl)ccc2C)CC1. The number of benzene rings is 1. The number of piperidine rings is 1. The van der Waals surface area contributed by atoms with E-state index in [1.54, 1.807) is 24.3 Å². The molecule has 1 saturated heterocycles. The van der Waals surface area contributed by atoms with E-state index in [4.69, 9.17) is 11.6 Å². The molecule has 2 rings (SSSR count). The van der Waals surface area contributed by atoms with Crippen LogP contribution in [-0.4, -0.2) is 52.9 Å². The molecular formula is C21H26ClN3O2. The summed E-state index contributed by atoms with van der Waals surface area (Å²) in [5, 5.41) is 11.5. The molecule has 1 heterocycles. The molecule has 0 unspecified atom stereocenters. The number of aliphatic hydroxyl groups is 1. The highest BCUT2D eigenvalue weighted by Gasteiger charge is 2.34. The lowest BCUT2D eigenvalue weighted by molar-refractivity contribution is -0.118. The number of halogens is 1. The fourth-order valence-electron chi connectivity index (χ4n) is 3.07. The van der Waals surface area contributed by atoms with Gasteiger partial charge >= 0.3 is 0 Å². The molecule has 1 aromatic rings. The van der Waals surface area contributed by atoms with Crippen LogP contribution in [0.3, 0.4) is 0 Å². The predicted molar refractivity (Wildman–Crippen MR) is 111 cm³/mol. The Morgan fingerprint density at radius 2 is 2.11 bits per heavy atom. The van der Waals surface area contributed by atoms with Gasteiger partial charge in [-0.05, 0) is 49.6 Å². The zero-order chi connectivity index (χ0) is 19.9. The van der Waals surface area contributed by atoms with Crippen molar-refractivity contribution < 1.29 is 9.90 Å². The lowest BCUT2D eigenvalue weighted by Gasteiger charge is -2.40. The molecule has 1 fully saturated rings. The Bertz CT molecular complexity index is 750. The van der Waals surface area contributed by atoms with Gasteiger partial charge in [-0.15, -0.1) is 0 Å². The molecule has 0 atom stereocenters. The number of amides is 1. The van der Waals surface area contributed by atoms with Gasteiger partial charge in [-0.25, -0.2) is 4.99 Å². The molecule has 144 valence electrons. The van der Waals surface area contributed by atoms with Crippen molar-refractivity contribution in [2.24, 2.45) is 4.99 Å². The van der Waals surface area contributed by atoms with E-state index in [9.17, 15) is 9.90 Å². The Kier molecular flexibility index (Phi) is 7.39. The molecule has 0 saturated carbocycles. The number of hydrogen-bond donors (Lipinski definition) is 1. The van der Waals surface area contributed by atoms with Gasteiger partial charge in [0.2, 0.25) is 6.41 Å². The van der Waals surface area contributed by atoms with Crippen molar-refractivity contribution in [3.63, 3.8) is 0 Å². The summed E-state index contributed by atoms with van der Waals surface area (Å²) in [4.78, 5) is 19.3. The molecule has 0 aromatic heterocycles. The monoisotopic (exact) mass is 387 g/mol. The van der Waals surface area contributed by atoms with E-state index in [2.05, 4.69) is 23.1 Å². The second-order valence-electron chi connectivity index (χ2n) is 6.70. The molecule has 1 N–H and O–H groups in total. The van der Waals surface area contributed by atoms with Crippen LogP contribution < -0.4 is 0 Å². The van der Waals surface area contributed by atoms with Crippen molar-refractivity contribution in [2.45, 2.75) is 25.4 Å². The molecule has 5 nitrogen and oxygen atoms in total. The van der Waals surface area contributed by atoms with E-state index >= 15 is 0 Å². The standard InChI is InChI=1S/C21H26ClN3O2/c1-4-6-19(5-2)25-11-9-21(27,10-12-25)14-24(16-26)15-23-20-13-18(22)8-7-17(20)3/h4-8,13,15-16,27H,1-2,9-12,14H2,3H3/b19-6+,23-15?. The summed E-state index contributed by atoms with van der Waals surface area (Å²) < 4.78 is 0. The maximum Gasteiger partial charge on any atom is 0.214 e. The van der Waals surface area contributed by atoms with Crippen LogP contribution in [0.25, 0.3) is 0 Å². The molecule has 1 aliphatic heterocycles. The van der Waals surface area contributed by atoms with Crippen LogP contribution in [0.2, 0.25) is 5.02 Å². The molecule has 1 aliphatic rings. The summed E-state index contributed by atoms with van der Waals surface area (Å²) in [5.74, 6) is 0. The summed E-state index contributed by atoms with van der Waals surface area (Å²) in [5.41, 5.74) is 1.69. The number of carbonyl (C=O) groups excluding carboxylic acids is 1. The number of hydrogen-bond acceptors (Lipinski definition) is 4. The first-order valence-electron chi connectivity index (χ1n) is 8.84. The van der Waals surface area contributed by atoms with Crippen LogP contribution >= 0.6 is 11.6 Å². The van der Waals surface area contributed by atoms with Crippen molar-refractivity contribution in [3.05, 3.63) is 65.9 Å². The maximum atomic E-state index is 11.5. The second-order valence-corrected chi connectivity index (χ2v) is 7.13. The summed E-state index contributed by atoms with van der Waals surface area (Å²) in [7, 11) is 0. The second kappa shape index (κ2) is 9.53. The maximum absolute atomic E-state index is 11.5. The van der Waals surface area contributed by atoms with Crippen molar-refractivity contribution in [1.29, 1.82) is 0 Å². The van der Waals surface area contributed by atoms with Crippen molar-refractivity contribution in [3.8, 4) is 0 Å². The number of nitrogens with zero attached hydrogens (tertiary/aromatic N) is 3. The first-order valence-corrected chi connectivity index (χ1v) is 9.22. The molecule has 1 aromatic carbocycles. The molecule has 0 radical (unpaired) electrons. The van der Waals surface area contributed by atoms with E-state index in [0.717, 1.165) is 11.3 Å². The topological polar surface area (TPSA) is 56.1 Å². The molecule has 0 aliphatic carbocycles. The summed E-state index contributed by atoms with van der Waals surface area (Å²) in [6.07, 6.45) is 8.62. The largest absolute Gasteiger partial charge is 0.388 e. The van der Waals surface area contributed by atoms with Gasteiger partial charge in [-0.2, -0.15) is 0 Å². The average Bonchev–Trinajstić information content (AvgIpc) is 2.66. The smallest absolute Gasteiger partial charge is 0.214 e. The Labute approximate surface area is 166 Å². The number of aliphatic imine (C=N–C) groups is 1. The number of allylic oxidation sites excluding steroid dienone is 3. The number of aryl methyl sites for hydroxylation is 1. The molecular weight excluding hydrogens is 362 g/mol. The van der Waals surface area contributed by atoms with E-state index in [-0.39, 0.29) is 6.54 Å². The Hall–Kier alpha value is -2.37. The molecule has 0 spiro atoms. The van der Waals surface area contributed by atoms with Crippen molar-refractivity contribution in [1.82, 2.24) is 9.80 Å². The highest BCUT2D eigenvalue weighted by Crippen LogP contribution is 2.26. The van der Waals surface area contributed by atoms with Gasteiger partial charge in [0.1, 0.15) is 0 Å². The number of likely N-dealkylation sites (tertiary alicyclic amines) is 1. The third-order valence-corrected chi connectivity index (χ3v) is 4.92. The highest BCUT2D eigenvalue weighted by molar-refractivity contribution is 6.30. The summed E-state index contributed by atoms with van der Waals surface area (Å²) in [6, 6.07) is 5.41. The lowest BCUT2D eigenvalue weighted by Crippen LogP contribution is -2.50. The minimum absolute atomic E-state index is 0.196. The Morgan fingerprint density at radius 3 is 2.70 bits per heavy atom. The van der Waals surface area contributed by atoms with Crippen molar-refractivity contribution in [2.75, 3.05) is 19.6 Å². The van der Waals surface area contributed by atoms with Crippen LogP contribution in [0.1, 0.15) is 18.4 Å². The van der Waals surface area contributed by atoms with Crippen LogP contribution in [0, 0.1) is 6.92 Å². The zero-order valence-corrected chi connectivity index (χ0v) is 16.4. The number of rotatable bonds is 8. The van der Waals surface area contributed by atoms with Crippen LogP contribution in [-0.2, 0) is 4.79 Å². The van der Waals surface area contributed by atoms with Gasteiger partial charge in [0, 0.05) is 23.8 Å². The van der Waals surface area contributed by atoms with Crippen LogP contribution in [0.15, 0.2) is 60.3 Å². The van der Waals surface area contributed by atoms with Crippen LogP contribution in [0.4, 0.5) is 5.69 Å². The third-order valence-electron chi connectivity index (χ3n) is 4.69. The predicted octanol–water partition coefficient (Wildman–Crippen LogP) is 3.85. The summed E-state index contributed by atoms with van der Waals surface area (Å²) >= 11 is 6.00. The molecule has 6 heteroatoms. The van der Waals surface area contributed by atoms with Gasteiger partial charge < -0.3 is 14.9 Å². The number of carbonyl (C=O) groups is 1. The van der Waals surface area contributed by atoms with Crippen molar-refractivity contribution >= 4 is 30.0 Å². The zero-order valence-electron chi connectivity index (χ0n) is 15.6. The highest BCUT2D eigenvalue weighted by atomic mass is 35.5. The quantitative estimate of drug-likeness (QED) is 0.319.